The molecule has 2 rings (SSSR count). The fraction of sp³-hybridized carbons (Fsp3) is 0.500. The fourth-order valence-corrected chi connectivity index (χ4v) is 4.87. The van der Waals surface area contributed by atoms with Gasteiger partial charge >= 0.3 is 163 Å². The first-order chi connectivity index (χ1) is 12.8. The van der Waals surface area contributed by atoms with E-state index >= 15 is 0 Å². The number of carbonyl (C=O) groups excluding carboxylic acids is 3. The molecule has 0 aliphatic carbocycles. The average Bonchev–Trinajstić information content (AvgIpc) is 2.59. The quantitative estimate of drug-likeness (QED) is 0.356. The van der Waals surface area contributed by atoms with Crippen LogP contribution in [0.3, 0.4) is 0 Å². The minimum absolute atomic E-state index is 0.195. The van der Waals surface area contributed by atoms with Crippen molar-refractivity contribution in [3.05, 3.63) is 30.3 Å². The number of carbonyl (C=O) groups is 3. The van der Waals surface area contributed by atoms with Crippen LogP contribution in [0.5, 0.6) is 0 Å². The van der Waals surface area contributed by atoms with Gasteiger partial charge in [0.25, 0.3) is 0 Å². The molecule has 8 nitrogen and oxygen atoms in total. The van der Waals surface area contributed by atoms with Crippen molar-refractivity contribution in [2.75, 3.05) is 6.61 Å². The molecule has 0 unspecified atom stereocenters. The van der Waals surface area contributed by atoms with Crippen LogP contribution in [0.15, 0.2) is 30.3 Å². The number of esters is 3. The average molecular weight is 445 g/mol. The summed E-state index contributed by atoms with van der Waals surface area (Å²) < 4.78 is 22.4. The summed E-state index contributed by atoms with van der Waals surface area (Å²) >= 11 is -0.325. The summed E-state index contributed by atoms with van der Waals surface area (Å²) in [4.78, 5) is 34.2. The molecule has 148 valence electrons. The Morgan fingerprint density at radius 2 is 1.59 bits per heavy atom. The zero-order valence-electron chi connectivity index (χ0n) is 15.2. The fourth-order valence-electron chi connectivity index (χ4n) is 2.62. The number of aliphatic hydroxyl groups excluding tert-OH is 1. The molecule has 1 N–H and O–H groups in total. The molecule has 0 bridgehead atoms. The first kappa shape index (κ1) is 21.4. The van der Waals surface area contributed by atoms with Gasteiger partial charge in [0, 0.05) is 0 Å². The summed E-state index contributed by atoms with van der Waals surface area (Å²) in [5.74, 6) is -1.79. The zero-order valence-corrected chi connectivity index (χ0v) is 16.9. The monoisotopic (exact) mass is 446 g/mol. The van der Waals surface area contributed by atoms with Crippen LogP contribution in [-0.4, -0.2) is 74.0 Å². The van der Waals surface area contributed by atoms with Crippen LogP contribution in [0.4, 0.5) is 0 Å². The van der Waals surface area contributed by atoms with Crippen molar-refractivity contribution in [2.45, 2.75) is 50.2 Å². The maximum atomic E-state index is 11.5. The number of rotatable bonds is 6. The molecule has 27 heavy (non-hydrogen) atoms. The Morgan fingerprint density at radius 3 is 2.15 bits per heavy atom. The molecule has 1 aromatic rings. The van der Waals surface area contributed by atoms with E-state index in [1.165, 1.54) is 20.8 Å². The standard InChI is InChI=1S/C18H22O8Se/c1-10(19)23-9-14-16(24-11(2)20)17(25-12(3)21)15(22)18(26-14)27-13-7-5-4-6-8-13/h4-8,14-18,22H,9H2,1-3H3/t14-,15-,16-,17-,18-/m1/s1. The second-order valence-corrected chi connectivity index (χ2v) is 8.37. The van der Waals surface area contributed by atoms with E-state index in [0.717, 1.165) is 4.46 Å². The van der Waals surface area contributed by atoms with Crippen molar-refractivity contribution in [2.24, 2.45) is 0 Å². The van der Waals surface area contributed by atoms with E-state index in [0.29, 0.717) is 0 Å². The van der Waals surface area contributed by atoms with E-state index < -0.39 is 47.3 Å². The van der Waals surface area contributed by atoms with Gasteiger partial charge in [0.2, 0.25) is 0 Å². The van der Waals surface area contributed by atoms with Crippen LogP contribution in [0.25, 0.3) is 0 Å². The SMILES string of the molecule is CC(=O)OC[C@H]1O[C@H]([Se]c2ccccc2)[C@H](O)[C@@H](OC(C)=O)[C@@H]1OC(C)=O. The third-order valence-electron chi connectivity index (χ3n) is 3.66. The summed E-state index contributed by atoms with van der Waals surface area (Å²) in [7, 11) is 0. The van der Waals surface area contributed by atoms with E-state index in [-0.39, 0.29) is 21.6 Å². The predicted molar refractivity (Wildman–Crippen MR) is 94.2 cm³/mol. The zero-order chi connectivity index (χ0) is 20.0. The maximum absolute atomic E-state index is 11.5. The first-order valence-electron chi connectivity index (χ1n) is 8.31. The second kappa shape index (κ2) is 9.85. The Hall–Kier alpha value is -1.93. The summed E-state index contributed by atoms with van der Waals surface area (Å²) in [5, 5.41) is 10.0. The third-order valence-corrected chi connectivity index (χ3v) is 6.11. The van der Waals surface area contributed by atoms with Crippen LogP contribution in [0, 0.1) is 0 Å². The molecular weight excluding hydrogens is 423 g/mol. The minimum atomic E-state index is -1.20. The topological polar surface area (TPSA) is 108 Å². The van der Waals surface area contributed by atoms with E-state index in [9.17, 15) is 19.5 Å². The summed E-state index contributed by atoms with van der Waals surface area (Å²) in [6.45, 7) is 3.44. The Kier molecular flexibility index (Phi) is 7.79. The Balaban J connectivity index is 2.27. The van der Waals surface area contributed by atoms with Gasteiger partial charge in [0.1, 0.15) is 0 Å². The predicted octanol–water partition coefficient (Wildman–Crippen LogP) is -0.472. The number of hydrogen-bond acceptors (Lipinski definition) is 8. The van der Waals surface area contributed by atoms with Gasteiger partial charge in [-0.2, -0.15) is 0 Å². The third kappa shape index (κ3) is 6.32. The van der Waals surface area contributed by atoms with Gasteiger partial charge in [-0.05, 0) is 0 Å². The number of aliphatic hydroxyl groups is 1. The van der Waals surface area contributed by atoms with Gasteiger partial charge in [-0.15, -0.1) is 0 Å². The van der Waals surface area contributed by atoms with E-state index in [2.05, 4.69) is 0 Å². The van der Waals surface area contributed by atoms with Crippen molar-refractivity contribution >= 4 is 37.3 Å². The molecule has 1 saturated heterocycles. The number of hydrogen-bond donors (Lipinski definition) is 1. The first-order valence-corrected chi connectivity index (χ1v) is 10.2. The van der Waals surface area contributed by atoms with E-state index in [1.807, 2.05) is 30.3 Å². The molecule has 1 aromatic carbocycles. The van der Waals surface area contributed by atoms with Gasteiger partial charge in [-0.3, -0.25) is 0 Å². The Labute approximate surface area is 163 Å². The molecular formula is C18H22O8Se. The molecule has 1 aliphatic heterocycles. The van der Waals surface area contributed by atoms with E-state index in [1.54, 1.807) is 0 Å². The van der Waals surface area contributed by atoms with Crippen molar-refractivity contribution < 1.29 is 38.4 Å². The normalized spacial score (nSPS) is 27.5. The molecule has 9 heteroatoms. The van der Waals surface area contributed by atoms with Crippen molar-refractivity contribution in [3.63, 3.8) is 0 Å². The molecule has 0 radical (unpaired) electrons. The van der Waals surface area contributed by atoms with Crippen LogP contribution in [0.1, 0.15) is 20.8 Å². The van der Waals surface area contributed by atoms with E-state index in [4.69, 9.17) is 18.9 Å². The van der Waals surface area contributed by atoms with Gasteiger partial charge in [0.05, 0.1) is 0 Å². The summed E-state index contributed by atoms with van der Waals surface area (Å²) in [6.07, 6.45) is -4.30. The Bertz CT molecular complexity index is 665. The van der Waals surface area contributed by atoms with Gasteiger partial charge in [-0.1, -0.05) is 0 Å². The Morgan fingerprint density at radius 1 is 1.00 bits per heavy atom. The molecule has 0 amide bonds. The summed E-state index contributed by atoms with van der Waals surface area (Å²) in [6, 6.07) is 9.41. The number of ether oxygens (including phenoxy) is 4. The molecule has 0 saturated carbocycles. The van der Waals surface area contributed by atoms with Gasteiger partial charge < -0.3 is 0 Å². The number of benzene rings is 1. The molecule has 1 aliphatic rings. The summed E-state index contributed by atoms with van der Waals surface area (Å²) in [5.41, 5.74) is 0. The van der Waals surface area contributed by atoms with Crippen molar-refractivity contribution in [1.29, 1.82) is 0 Å². The van der Waals surface area contributed by atoms with Gasteiger partial charge in [-0.25, -0.2) is 0 Å². The second-order valence-electron chi connectivity index (χ2n) is 5.92. The molecule has 5 atom stereocenters. The molecule has 0 aromatic heterocycles. The molecule has 0 spiro atoms. The van der Waals surface area contributed by atoms with Crippen LogP contribution >= 0.6 is 0 Å². The van der Waals surface area contributed by atoms with Crippen LogP contribution in [-0.2, 0) is 33.3 Å². The molecule has 1 fully saturated rings. The van der Waals surface area contributed by atoms with Gasteiger partial charge in [0.15, 0.2) is 0 Å². The van der Waals surface area contributed by atoms with Crippen molar-refractivity contribution in [3.8, 4) is 0 Å². The van der Waals surface area contributed by atoms with Crippen LogP contribution in [0.2, 0.25) is 0 Å². The van der Waals surface area contributed by atoms with Crippen LogP contribution < -0.4 is 4.46 Å². The van der Waals surface area contributed by atoms with Crippen molar-refractivity contribution in [1.82, 2.24) is 0 Å². The molecule has 1 heterocycles.